The molecule has 2 rings (SSSR count). The zero-order chi connectivity index (χ0) is 9.26. The molecule has 1 heterocycles. The van der Waals surface area contributed by atoms with Crippen LogP contribution in [0.4, 0.5) is 13.9 Å². The molecule has 6 heteroatoms. The summed E-state index contributed by atoms with van der Waals surface area (Å²) in [5.74, 6) is 1.29. The Morgan fingerprint density at radius 1 is 1.54 bits per heavy atom. The quantitative estimate of drug-likeness (QED) is 0.817. The molecular formula is C7H9F2N3S. The summed E-state index contributed by atoms with van der Waals surface area (Å²) in [7, 11) is 0. The van der Waals surface area contributed by atoms with Crippen LogP contribution in [-0.2, 0) is 0 Å². The first-order chi connectivity index (χ1) is 6.25. The molecule has 0 unspecified atom stereocenters. The number of nitrogens with zero attached hydrogens (tertiary/aromatic N) is 2. The maximum Gasteiger partial charge on any atom is 0.255 e. The average Bonchev–Trinajstić information content (AvgIpc) is 2.83. The molecule has 3 nitrogen and oxygen atoms in total. The lowest BCUT2D eigenvalue weighted by atomic mass is 10.4. The third-order valence-electron chi connectivity index (χ3n) is 1.79. The van der Waals surface area contributed by atoms with Crippen molar-refractivity contribution in [1.82, 2.24) is 9.36 Å². The molecule has 1 aliphatic carbocycles. The molecule has 1 aliphatic rings. The average molecular weight is 205 g/mol. The number of aromatic nitrogens is 2. The van der Waals surface area contributed by atoms with Crippen LogP contribution in [0.3, 0.4) is 0 Å². The third kappa shape index (κ3) is 2.33. The molecule has 0 aliphatic heterocycles. The summed E-state index contributed by atoms with van der Waals surface area (Å²) in [5, 5.41) is 3.04. The van der Waals surface area contributed by atoms with Gasteiger partial charge in [0, 0.05) is 17.5 Å². The molecule has 0 spiro atoms. The number of hydrogen-bond acceptors (Lipinski definition) is 4. The number of rotatable bonds is 4. The highest BCUT2D eigenvalue weighted by molar-refractivity contribution is 7.09. The van der Waals surface area contributed by atoms with Crippen molar-refractivity contribution < 1.29 is 8.78 Å². The predicted molar refractivity (Wildman–Crippen MR) is 46.4 cm³/mol. The van der Waals surface area contributed by atoms with Gasteiger partial charge >= 0.3 is 0 Å². The molecule has 0 saturated heterocycles. The maximum atomic E-state index is 11.8. The van der Waals surface area contributed by atoms with E-state index < -0.39 is 6.43 Å². The van der Waals surface area contributed by atoms with Gasteiger partial charge < -0.3 is 5.32 Å². The lowest BCUT2D eigenvalue weighted by Crippen LogP contribution is -2.09. The minimum atomic E-state index is -2.34. The van der Waals surface area contributed by atoms with Crippen molar-refractivity contribution in [3.8, 4) is 0 Å². The van der Waals surface area contributed by atoms with Gasteiger partial charge in [0.1, 0.15) is 5.82 Å². The van der Waals surface area contributed by atoms with Crippen LogP contribution in [0.1, 0.15) is 24.6 Å². The fourth-order valence-electron chi connectivity index (χ4n) is 0.978. The number of anilines is 1. The van der Waals surface area contributed by atoms with E-state index in [0.29, 0.717) is 11.0 Å². The van der Waals surface area contributed by atoms with Crippen molar-refractivity contribution >= 4 is 16.7 Å². The summed E-state index contributed by atoms with van der Waals surface area (Å²) < 4.78 is 27.7. The maximum absolute atomic E-state index is 11.8. The Hall–Kier alpha value is -0.780. The zero-order valence-corrected chi connectivity index (χ0v) is 7.65. The predicted octanol–water partition coefficient (Wildman–Crippen LogP) is 2.09. The van der Waals surface area contributed by atoms with Gasteiger partial charge in [-0.1, -0.05) is 0 Å². The fraction of sp³-hybridized carbons (Fsp3) is 0.714. The van der Waals surface area contributed by atoms with E-state index in [9.17, 15) is 8.78 Å². The molecule has 1 N–H and O–H groups in total. The Morgan fingerprint density at radius 3 is 2.92 bits per heavy atom. The minimum Gasteiger partial charge on any atom is -0.355 e. The highest BCUT2D eigenvalue weighted by atomic mass is 32.1. The lowest BCUT2D eigenvalue weighted by molar-refractivity contribution is 0.163. The van der Waals surface area contributed by atoms with Gasteiger partial charge in [0.15, 0.2) is 0 Å². The molecule has 1 aromatic rings. The van der Waals surface area contributed by atoms with E-state index in [4.69, 9.17) is 0 Å². The van der Waals surface area contributed by atoms with Crippen LogP contribution in [-0.4, -0.2) is 22.3 Å². The number of hydrogen-bond donors (Lipinski definition) is 1. The van der Waals surface area contributed by atoms with Gasteiger partial charge in [0.25, 0.3) is 6.43 Å². The van der Waals surface area contributed by atoms with Crippen LogP contribution in [0.25, 0.3) is 0 Å². The van der Waals surface area contributed by atoms with Gasteiger partial charge in [-0.3, -0.25) is 0 Å². The van der Waals surface area contributed by atoms with Crippen LogP contribution >= 0.6 is 11.5 Å². The number of alkyl halides is 2. The van der Waals surface area contributed by atoms with Crippen LogP contribution < -0.4 is 5.32 Å². The first-order valence-corrected chi connectivity index (χ1v) is 4.88. The topological polar surface area (TPSA) is 37.8 Å². The number of halogens is 2. The van der Waals surface area contributed by atoms with Crippen LogP contribution in [0.5, 0.6) is 0 Å². The van der Waals surface area contributed by atoms with E-state index in [1.807, 2.05) is 0 Å². The van der Waals surface area contributed by atoms with Gasteiger partial charge in [0.2, 0.25) is 5.13 Å². The minimum absolute atomic E-state index is 0.348. The molecule has 1 saturated carbocycles. The summed E-state index contributed by atoms with van der Waals surface area (Å²) in [6, 6.07) is 0. The van der Waals surface area contributed by atoms with E-state index in [0.717, 1.165) is 30.2 Å². The Balaban J connectivity index is 1.89. The second-order valence-corrected chi connectivity index (χ2v) is 3.76. The summed E-state index contributed by atoms with van der Waals surface area (Å²) in [6.07, 6.45) is -0.0796. The van der Waals surface area contributed by atoms with Gasteiger partial charge in [-0.2, -0.15) is 4.37 Å². The third-order valence-corrected chi connectivity index (χ3v) is 2.48. The van der Waals surface area contributed by atoms with E-state index in [1.54, 1.807) is 0 Å². The largest absolute Gasteiger partial charge is 0.355 e. The van der Waals surface area contributed by atoms with Crippen LogP contribution in [0, 0.1) is 0 Å². The van der Waals surface area contributed by atoms with Gasteiger partial charge in [0.05, 0.1) is 6.54 Å². The Bertz CT molecular complexity index is 285. The smallest absolute Gasteiger partial charge is 0.255 e. The van der Waals surface area contributed by atoms with Crippen LogP contribution in [0.15, 0.2) is 0 Å². The van der Waals surface area contributed by atoms with E-state index in [2.05, 4.69) is 14.7 Å². The van der Waals surface area contributed by atoms with Gasteiger partial charge in [-0.15, -0.1) is 0 Å². The Morgan fingerprint density at radius 2 is 2.31 bits per heavy atom. The molecule has 0 atom stereocenters. The highest BCUT2D eigenvalue weighted by Crippen LogP contribution is 2.39. The highest BCUT2D eigenvalue weighted by Gasteiger charge is 2.27. The molecule has 1 fully saturated rings. The monoisotopic (exact) mass is 205 g/mol. The fourth-order valence-corrected chi connectivity index (χ4v) is 1.63. The van der Waals surface area contributed by atoms with Crippen molar-refractivity contribution in [2.45, 2.75) is 25.2 Å². The molecule has 1 aromatic heterocycles. The van der Waals surface area contributed by atoms with E-state index in [-0.39, 0.29) is 6.54 Å². The Kier molecular flexibility index (Phi) is 2.39. The first kappa shape index (κ1) is 8.80. The second-order valence-electron chi connectivity index (χ2n) is 3.00. The molecule has 0 aromatic carbocycles. The van der Waals surface area contributed by atoms with Gasteiger partial charge in [-0.25, -0.2) is 13.8 Å². The summed E-state index contributed by atoms with van der Waals surface area (Å²) in [6.45, 7) is -0.348. The van der Waals surface area contributed by atoms with Crippen molar-refractivity contribution in [3.63, 3.8) is 0 Å². The lowest BCUT2D eigenvalue weighted by Gasteiger charge is -1.98. The summed E-state index contributed by atoms with van der Waals surface area (Å²) in [4.78, 5) is 4.11. The van der Waals surface area contributed by atoms with E-state index >= 15 is 0 Å². The molecule has 0 bridgehead atoms. The van der Waals surface area contributed by atoms with Gasteiger partial charge in [-0.05, 0) is 12.8 Å². The van der Waals surface area contributed by atoms with Crippen molar-refractivity contribution in [2.75, 3.05) is 11.9 Å². The normalized spacial score (nSPS) is 16.5. The second kappa shape index (κ2) is 3.53. The van der Waals surface area contributed by atoms with E-state index in [1.165, 1.54) is 0 Å². The molecular weight excluding hydrogens is 196 g/mol. The van der Waals surface area contributed by atoms with Crippen LogP contribution in [0.2, 0.25) is 0 Å². The molecule has 0 radical (unpaired) electrons. The van der Waals surface area contributed by atoms with Crippen molar-refractivity contribution in [2.24, 2.45) is 0 Å². The SMILES string of the molecule is FC(F)CNc1nc(C2CC2)ns1. The zero-order valence-electron chi connectivity index (χ0n) is 6.83. The molecule has 72 valence electrons. The Labute approximate surface area is 78.4 Å². The molecule has 13 heavy (non-hydrogen) atoms. The summed E-state index contributed by atoms with van der Waals surface area (Å²) >= 11 is 1.15. The first-order valence-electron chi connectivity index (χ1n) is 4.11. The number of nitrogens with one attached hydrogen (secondary N) is 1. The summed E-state index contributed by atoms with van der Waals surface area (Å²) in [5.41, 5.74) is 0. The standard InChI is InChI=1S/C7H9F2N3S/c8-5(9)3-10-7-11-6(12-13-7)4-1-2-4/h4-5H,1-3H2,(H,10,11,12). The van der Waals surface area contributed by atoms with Crippen molar-refractivity contribution in [1.29, 1.82) is 0 Å². The van der Waals surface area contributed by atoms with Crippen molar-refractivity contribution in [3.05, 3.63) is 5.82 Å². The molecule has 0 amide bonds.